The van der Waals surface area contributed by atoms with Crippen LogP contribution in [0.4, 0.5) is 17.6 Å². The van der Waals surface area contributed by atoms with Gasteiger partial charge in [-0.05, 0) is 36.4 Å². The minimum Gasteiger partial charge on any atom is -0.477 e. The van der Waals surface area contributed by atoms with E-state index in [4.69, 9.17) is 0 Å². The first-order chi connectivity index (χ1) is 11.4. The van der Waals surface area contributed by atoms with Gasteiger partial charge in [0.15, 0.2) is 23.2 Å². The second-order valence-electron chi connectivity index (χ2n) is 4.80. The minimum atomic E-state index is -1.50. The number of hydrogen-bond donors (Lipinski definition) is 1. The Balaban J connectivity index is 2.33. The van der Waals surface area contributed by atoms with Crippen molar-refractivity contribution in [3.63, 3.8) is 0 Å². The normalized spacial score (nSPS) is 10.8. The van der Waals surface area contributed by atoms with Crippen LogP contribution in [-0.2, 0) is 0 Å². The van der Waals surface area contributed by atoms with E-state index in [2.05, 4.69) is 4.98 Å². The predicted octanol–water partition coefficient (Wildman–Crippen LogP) is 3.79. The van der Waals surface area contributed by atoms with Crippen LogP contribution in [0.2, 0.25) is 0 Å². The summed E-state index contributed by atoms with van der Waals surface area (Å²) in [5, 5.41) is 9.24. The van der Waals surface area contributed by atoms with Crippen LogP contribution in [0.25, 0.3) is 17.1 Å². The molecule has 122 valence electrons. The molecule has 0 spiro atoms. The van der Waals surface area contributed by atoms with Crippen molar-refractivity contribution in [2.45, 2.75) is 0 Å². The lowest BCUT2D eigenvalue weighted by atomic mass is 10.1. The highest BCUT2D eigenvalue weighted by Crippen LogP contribution is 2.30. The average Bonchev–Trinajstić information content (AvgIpc) is 2.97. The van der Waals surface area contributed by atoms with Crippen molar-refractivity contribution >= 4 is 5.97 Å². The largest absolute Gasteiger partial charge is 0.477 e. The van der Waals surface area contributed by atoms with Crippen molar-refractivity contribution in [3.05, 3.63) is 71.6 Å². The second kappa shape index (κ2) is 5.80. The summed E-state index contributed by atoms with van der Waals surface area (Å²) < 4.78 is 55.5. The molecule has 0 fully saturated rings. The number of carboxylic acids is 1. The number of carbonyl (C=O) groups is 1. The number of hydrogen-bond acceptors (Lipinski definition) is 2. The van der Waals surface area contributed by atoms with E-state index in [1.54, 1.807) is 0 Å². The van der Waals surface area contributed by atoms with Crippen molar-refractivity contribution < 1.29 is 27.5 Å². The standard InChI is InChI=1S/C16H8F4N2O2/c17-8-1-3-9(4-2-8)22-12(16(23)24)7-21-15(22)13-10(18)5-6-11(19)14(13)20/h1-7H,(H,23,24). The molecule has 0 amide bonds. The molecule has 0 aliphatic heterocycles. The van der Waals surface area contributed by atoms with Crippen LogP contribution in [0, 0.1) is 23.3 Å². The summed E-state index contributed by atoms with van der Waals surface area (Å²) in [7, 11) is 0. The van der Waals surface area contributed by atoms with E-state index in [1.165, 1.54) is 12.1 Å². The van der Waals surface area contributed by atoms with Gasteiger partial charge in [-0.15, -0.1) is 0 Å². The van der Waals surface area contributed by atoms with Gasteiger partial charge in [0.25, 0.3) is 0 Å². The SMILES string of the molecule is O=C(O)c1cnc(-c2c(F)ccc(F)c2F)n1-c1ccc(F)cc1. The number of carboxylic acid groups (broad SMARTS) is 1. The van der Waals surface area contributed by atoms with Crippen molar-refractivity contribution in [1.29, 1.82) is 0 Å². The third kappa shape index (κ3) is 2.51. The van der Waals surface area contributed by atoms with Crippen LogP contribution >= 0.6 is 0 Å². The van der Waals surface area contributed by atoms with Gasteiger partial charge in [0, 0.05) is 5.69 Å². The first-order valence-electron chi connectivity index (χ1n) is 6.61. The van der Waals surface area contributed by atoms with Gasteiger partial charge in [0.05, 0.1) is 11.8 Å². The first kappa shape index (κ1) is 15.7. The van der Waals surface area contributed by atoms with E-state index in [0.29, 0.717) is 12.1 Å². The molecule has 0 radical (unpaired) electrons. The van der Waals surface area contributed by atoms with Crippen LogP contribution in [0.3, 0.4) is 0 Å². The molecule has 0 unspecified atom stereocenters. The zero-order valence-corrected chi connectivity index (χ0v) is 11.8. The Bertz CT molecular complexity index is 936. The Hall–Kier alpha value is -3.16. The number of aromatic carboxylic acids is 1. The zero-order chi connectivity index (χ0) is 17.4. The van der Waals surface area contributed by atoms with Crippen molar-refractivity contribution in [2.75, 3.05) is 0 Å². The molecular weight excluding hydrogens is 328 g/mol. The lowest BCUT2D eigenvalue weighted by Gasteiger charge is -2.12. The van der Waals surface area contributed by atoms with Crippen molar-refractivity contribution in [3.8, 4) is 17.1 Å². The summed E-state index contributed by atoms with van der Waals surface area (Å²) in [6.07, 6.45) is 0.880. The van der Waals surface area contributed by atoms with E-state index in [0.717, 1.165) is 22.9 Å². The summed E-state index contributed by atoms with van der Waals surface area (Å²) in [5.41, 5.74) is -1.13. The van der Waals surface area contributed by atoms with E-state index >= 15 is 0 Å². The van der Waals surface area contributed by atoms with Crippen LogP contribution < -0.4 is 0 Å². The summed E-state index contributed by atoms with van der Waals surface area (Å²) in [6.45, 7) is 0. The number of nitrogens with zero attached hydrogens (tertiary/aromatic N) is 2. The third-order valence-corrected chi connectivity index (χ3v) is 3.33. The quantitative estimate of drug-likeness (QED) is 0.585. The van der Waals surface area contributed by atoms with E-state index in [1.807, 2.05) is 0 Å². The second-order valence-corrected chi connectivity index (χ2v) is 4.80. The lowest BCUT2D eigenvalue weighted by Crippen LogP contribution is -2.09. The van der Waals surface area contributed by atoms with Gasteiger partial charge in [0.1, 0.15) is 11.6 Å². The highest BCUT2D eigenvalue weighted by molar-refractivity contribution is 5.87. The summed E-state index contributed by atoms with van der Waals surface area (Å²) in [5.74, 6) is -6.37. The summed E-state index contributed by atoms with van der Waals surface area (Å²) in [4.78, 5) is 15.1. The molecule has 4 nitrogen and oxygen atoms in total. The van der Waals surface area contributed by atoms with Crippen molar-refractivity contribution in [1.82, 2.24) is 9.55 Å². The van der Waals surface area contributed by atoms with Crippen LogP contribution in [-0.4, -0.2) is 20.6 Å². The molecule has 1 N–H and O–H groups in total. The van der Waals surface area contributed by atoms with Crippen LogP contribution in [0.1, 0.15) is 10.5 Å². The van der Waals surface area contributed by atoms with Gasteiger partial charge < -0.3 is 5.11 Å². The summed E-state index contributed by atoms with van der Waals surface area (Å²) in [6, 6.07) is 5.82. The number of aromatic nitrogens is 2. The minimum absolute atomic E-state index is 0.101. The summed E-state index contributed by atoms with van der Waals surface area (Å²) >= 11 is 0. The predicted molar refractivity (Wildman–Crippen MR) is 75.8 cm³/mol. The molecule has 0 atom stereocenters. The molecule has 24 heavy (non-hydrogen) atoms. The zero-order valence-electron chi connectivity index (χ0n) is 11.8. The maximum absolute atomic E-state index is 14.0. The molecule has 1 heterocycles. The van der Waals surface area contributed by atoms with E-state index in [9.17, 15) is 27.5 Å². The van der Waals surface area contributed by atoms with Crippen LogP contribution in [0.5, 0.6) is 0 Å². The molecule has 1 aromatic heterocycles. The number of rotatable bonds is 3. The molecular formula is C16H8F4N2O2. The Kier molecular flexibility index (Phi) is 3.80. The molecule has 3 rings (SSSR count). The van der Waals surface area contributed by atoms with E-state index in [-0.39, 0.29) is 5.69 Å². The topological polar surface area (TPSA) is 55.1 Å². The van der Waals surface area contributed by atoms with Crippen molar-refractivity contribution in [2.24, 2.45) is 0 Å². The fraction of sp³-hybridized carbons (Fsp3) is 0. The van der Waals surface area contributed by atoms with Gasteiger partial charge in [-0.25, -0.2) is 27.3 Å². The Morgan fingerprint density at radius 3 is 2.21 bits per heavy atom. The van der Waals surface area contributed by atoms with E-state index < -0.39 is 46.3 Å². The average molecular weight is 336 g/mol. The van der Waals surface area contributed by atoms with Gasteiger partial charge >= 0.3 is 5.97 Å². The maximum Gasteiger partial charge on any atom is 0.354 e. The molecule has 0 aliphatic carbocycles. The third-order valence-electron chi connectivity index (χ3n) is 3.33. The fourth-order valence-electron chi connectivity index (χ4n) is 2.26. The first-order valence-corrected chi connectivity index (χ1v) is 6.61. The smallest absolute Gasteiger partial charge is 0.354 e. The van der Waals surface area contributed by atoms with Gasteiger partial charge in [-0.1, -0.05) is 0 Å². The molecule has 3 aromatic rings. The van der Waals surface area contributed by atoms with Gasteiger partial charge in [-0.3, -0.25) is 4.57 Å². The molecule has 8 heteroatoms. The monoisotopic (exact) mass is 336 g/mol. The Morgan fingerprint density at radius 2 is 1.58 bits per heavy atom. The highest BCUT2D eigenvalue weighted by Gasteiger charge is 2.24. The molecule has 0 saturated heterocycles. The maximum atomic E-state index is 14.0. The number of halogens is 4. The molecule has 0 aliphatic rings. The Labute approximate surface area is 132 Å². The molecule has 0 bridgehead atoms. The highest BCUT2D eigenvalue weighted by atomic mass is 19.2. The van der Waals surface area contributed by atoms with Gasteiger partial charge in [0.2, 0.25) is 0 Å². The number of imidazole rings is 1. The molecule has 2 aromatic carbocycles. The fourth-order valence-corrected chi connectivity index (χ4v) is 2.26. The van der Waals surface area contributed by atoms with Crippen LogP contribution in [0.15, 0.2) is 42.6 Å². The lowest BCUT2D eigenvalue weighted by molar-refractivity contribution is 0.0688. The Morgan fingerprint density at radius 1 is 0.958 bits per heavy atom. The van der Waals surface area contributed by atoms with Gasteiger partial charge in [-0.2, -0.15) is 0 Å². The molecule has 0 saturated carbocycles. The number of benzene rings is 2.